The minimum atomic E-state index is -0.738. The van der Waals surface area contributed by atoms with Crippen LogP contribution in [0.1, 0.15) is 37.5 Å². The van der Waals surface area contributed by atoms with Crippen molar-refractivity contribution in [2.24, 2.45) is 5.73 Å². The van der Waals surface area contributed by atoms with Crippen molar-refractivity contribution in [3.63, 3.8) is 0 Å². The molecule has 3 heterocycles. The summed E-state index contributed by atoms with van der Waals surface area (Å²) in [5.41, 5.74) is 6.65. The van der Waals surface area contributed by atoms with E-state index in [1.165, 1.54) is 35.1 Å². The van der Waals surface area contributed by atoms with Crippen LogP contribution in [0.15, 0.2) is 39.5 Å². The van der Waals surface area contributed by atoms with Crippen molar-refractivity contribution in [2.75, 3.05) is 13.7 Å². The van der Waals surface area contributed by atoms with Crippen molar-refractivity contribution in [1.82, 2.24) is 4.90 Å². The summed E-state index contributed by atoms with van der Waals surface area (Å²) in [6.07, 6.45) is 1.58. The van der Waals surface area contributed by atoms with Crippen LogP contribution in [-0.4, -0.2) is 41.7 Å². The number of thioether (sulfide) groups is 1. The van der Waals surface area contributed by atoms with Crippen molar-refractivity contribution >= 4 is 40.9 Å². The number of unbranched alkanes of at least 4 members (excludes halogenated alkanes) is 1. The Morgan fingerprint density at radius 1 is 1.29 bits per heavy atom. The molecular formula is C19H22N2O5S2. The standard InChI is InChI=1S/C19H22N2O5S2/c1-4-5-8-26-19(24)13-12(11-7-6-9-27-11)14(18(23)25-3)17-21(15(13)20)16(22)10(2)28-17/h6-7,9-10,12H,4-5,8,20H2,1-3H3. The van der Waals surface area contributed by atoms with Crippen LogP contribution in [0.3, 0.4) is 0 Å². The van der Waals surface area contributed by atoms with Gasteiger partial charge >= 0.3 is 11.9 Å². The molecule has 2 aliphatic heterocycles. The molecule has 150 valence electrons. The Bertz CT molecular complexity index is 860. The fourth-order valence-electron chi connectivity index (χ4n) is 3.17. The SMILES string of the molecule is CCCCOC(=O)C1=C(N)N2C(=O)C(C)SC2=C(C(=O)OC)C1c1cccs1. The van der Waals surface area contributed by atoms with Gasteiger partial charge in [-0.1, -0.05) is 31.2 Å². The van der Waals surface area contributed by atoms with Gasteiger partial charge in [0.15, 0.2) is 0 Å². The molecule has 2 atom stereocenters. The van der Waals surface area contributed by atoms with Gasteiger partial charge in [-0.2, -0.15) is 0 Å². The lowest BCUT2D eigenvalue weighted by molar-refractivity contribution is -0.139. The summed E-state index contributed by atoms with van der Waals surface area (Å²) in [4.78, 5) is 40.4. The average Bonchev–Trinajstić information content (AvgIpc) is 3.30. The molecule has 2 unspecified atom stereocenters. The van der Waals surface area contributed by atoms with Crippen molar-refractivity contribution in [1.29, 1.82) is 0 Å². The molecule has 9 heteroatoms. The maximum Gasteiger partial charge on any atom is 0.338 e. The molecule has 0 aromatic carbocycles. The molecule has 1 aromatic heterocycles. The molecule has 0 saturated carbocycles. The molecule has 7 nitrogen and oxygen atoms in total. The van der Waals surface area contributed by atoms with Gasteiger partial charge in [0.05, 0.1) is 41.1 Å². The number of nitrogens with zero attached hydrogens (tertiary/aromatic N) is 1. The second-order valence-electron chi connectivity index (χ2n) is 6.38. The monoisotopic (exact) mass is 422 g/mol. The minimum Gasteiger partial charge on any atom is -0.466 e. The van der Waals surface area contributed by atoms with Gasteiger partial charge in [0.1, 0.15) is 5.82 Å². The zero-order valence-corrected chi connectivity index (χ0v) is 17.5. The summed E-state index contributed by atoms with van der Waals surface area (Å²) in [6, 6.07) is 3.66. The topological polar surface area (TPSA) is 98.9 Å². The van der Waals surface area contributed by atoms with Gasteiger partial charge in [-0.15, -0.1) is 11.3 Å². The number of thiophene rings is 1. The number of hydrogen-bond donors (Lipinski definition) is 1. The summed E-state index contributed by atoms with van der Waals surface area (Å²) < 4.78 is 10.4. The number of nitrogens with two attached hydrogens (primary N) is 1. The minimum absolute atomic E-state index is 0.0180. The smallest absolute Gasteiger partial charge is 0.338 e. The first-order chi connectivity index (χ1) is 13.4. The van der Waals surface area contributed by atoms with Gasteiger partial charge < -0.3 is 15.2 Å². The summed E-state index contributed by atoms with van der Waals surface area (Å²) in [6.45, 7) is 3.97. The van der Waals surface area contributed by atoms with Gasteiger partial charge in [0.25, 0.3) is 0 Å². The number of hydrogen-bond acceptors (Lipinski definition) is 8. The number of carbonyl (C=O) groups excluding carboxylic acids is 3. The van der Waals surface area contributed by atoms with E-state index in [1.54, 1.807) is 6.92 Å². The van der Waals surface area contributed by atoms with E-state index in [9.17, 15) is 14.4 Å². The predicted octanol–water partition coefficient (Wildman–Crippen LogP) is 2.71. The molecule has 0 spiro atoms. The molecular weight excluding hydrogens is 400 g/mol. The van der Waals surface area contributed by atoms with Crippen LogP contribution in [0.5, 0.6) is 0 Å². The highest BCUT2D eigenvalue weighted by Gasteiger charge is 2.49. The van der Waals surface area contributed by atoms with E-state index in [2.05, 4.69) is 0 Å². The largest absolute Gasteiger partial charge is 0.466 e. The molecule has 3 rings (SSSR count). The van der Waals surface area contributed by atoms with Crippen LogP contribution in [0.2, 0.25) is 0 Å². The maximum atomic E-state index is 12.9. The zero-order chi connectivity index (χ0) is 20.4. The Morgan fingerprint density at radius 2 is 2.04 bits per heavy atom. The average molecular weight is 423 g/mol. The highest BCUT2D eigenvalue weighted by molar-refractivity contribution is 8.04. The van der Waals surface area contributed by atoms with Crippen molar-refractivity contribution in [3.05, 3.63) is 44.4 Å². The Kier molecular flexibility index (Phi) is 6.14. The zero-order valence-electron chi connectivity index (χ0n) is 15.9. The number of amides is 1. The third-order valence-electron chi connectivity index (χ3n) is 4.57. The van der Waals surface area contributed by atoms with E-state index < -0.39 is 23.1 Å². The normalized spacial score (nSPS) is 21.8. The van der Waals surface area contributed by atoms with E-state index in [-0.39, 0.29) is 29.5 Å². The second kappa shape index (κ2) is 8.40. The Morgan fingerprint density at radius 3 is 2.64 bits per heavy atom. The molecule has 1 fully saturated rings. The third-order valence-corrected chi connectivity index (χ3v) is 6.69. The van der Waals surface area contributed by atoms with E-state index in [1.807, 2.05) is 24.4 Å². The van der Waals surface area contributed by atoms with E-state index in [4.69, 9.17) is 15.2 Å². The Labute approximate surface area is 171 Å². The fourth-order valence-corrected chi connectivity index (χ4v) is 5.17. The molecule has 0 aliphatic carbocycles. The van der Waals surface area contributed by atoms with Crippen molar-refractivity contribution in [3.8, 4) is 0 Å². The summed E-state index contributed by atoms with van der Waals surface area (Å²) in [5.74, 6) is -2.22. The molecule has 1 saturated heterocycles. The number of methoxy groups -OCH3 is 1. The molecule has 1 aromatic rings. The molecule has 1 amide bonds. The van der Waals surface area contributed by atoms with Gasteiger partial charge in [-0.05, 0) is 24.8 Å². The van der Waals surface area contributed by atoms with Gasteiger partial charge in [0.2, 0.25) is 5.91 Å². The molecule has 0 bridgehead atoms. The van der Waals surface area contributed by atoms with Crippen LogP contribution >= 0.6 is 23.1 Å². The number of rotatable bonds is 6. The number of esters is 2. The second-order valence-corrected chi connectivity index (χ2v) is 8.69. The van der Waals surface area contributed by atoms with Crippen LogP contribution < -0.4 is 5.73 Å². The van der Waals surface area contributed by atoms with Crippen LogP contribution in [0.4, 0.5) is 0 Å². The van der Waals surface area contributed by atoms with E-state index in [0.717, 1.165) is 11.3 Å². The lowest BCUT2D eigenvalue weighted by Gasteiger charge is -2.32. The van der Waals surface area contributed by atoms with Gasteiger partial charge in [-0.3, -0.25) is 9.69 Å². The quantitative estimate of drug-likeness (QED) is 0.556. The van der Waals surface area contributed by atoms with E-state index >= 15 is 0 Å². The van der Waals surface area contributed by atoms with Crippen molar-refractivity contribution < 1.29 is 23.9 Å². The summed E-state index contributed by atoms with van der Waals surface area (Å²) in [5, 5.41) is 1.85. The fraction of sp³-hybridized carbons (Fsp3) is 0.421. The highest BCUT2D eigenvalue weighted by Crippen LogP contribution is 2.50. The highest BCUT2D eigenvalue weighted by atomic mass is 32.2. The van der Waals surface area contributed by atoms with Crippen LogP contribution in [0.25, 0.3) is 0 Å². The molecule has 0 radical (unpaired) electrons. The first-order valence-electron chi connectivity index (χ1n) is 8.95. The molecule has 28 heavy (non-hydrogen) atoms. The first-order valence-corrected chi connectivity index (χ1v) is 10.7. The van der Waals surface area contributed by atoms with Crippen molar-refractivity contribution in [2.45, 2.75) is 37.9 Å². The Balaban J connectivity index is 2.17. The lowest BCUT2D eigenvalue weighted by Crippen LogP contribution is -2.40. The van der Waals surface area contributed by atoms with Crippen LogP contribution in [0, 0.1) is 0 Å². The lowest BCUT2D eigenvalue weighted by atomic mass is 9.86. The third kappa shape index (κ3) is 3.44. The number of ether oxygens (including phenoxy) is 2. The summed E-state index contributed by atoms with van der Waals surface area (Å²) >= 11 is 2.64. The number of fused-ring (bicyclic) bond motifs is 1. The predicted molar refractivity (Wildman–Crippen MR) is 107 cm³/mol. The molecule has 2 aliphatic rings. The Hall–Kier alpha value is -2.26. The van der Waals surface area contributed by atoms with E-state index in [0.29, 0.717) is 11.4 Å². The summed E-state index contributed by atoms with van der Waals surface area (Å²) in [7, 11) is 1.28. The molecule has 2 N–H and O–H groups in total. The van der Waals surface area contributed by atoms with Gasteiger partial charge in [0, 0.05) is 4.88 Å². The first kappa shape index (κ1) is 20.5. The number of carbonyl (C=O) groups is 3. The van der Waals surface area contributed by atoms with Gasteiger partial charge in [-0.25, -0.2) is 9.59 Å². The maximum absolute atomic E-state index is 12.9. The van der Waals surface area contributed by atoms with Crippen LogP contribution in [-0.2, 0) is 23.9 Å².